The van der Waals surface area contributed by atoms with Crippen LogP contribution in [0.2, 0.25) is 0 Å². The van der Waals surface area contributed by atoms with Crippen LogP contribution in [0, 0.1) is 41.4 Å². The highest BCUT2D eigenvalue weighted by Gasteiger charge is 2.36. The fraction of sp³-hybridized carbons (Fsp3) is 0.900. The highest BCUT2D eigenvalue weighted by molar-refractivity contribution is 5.08. The molecule has 0 N–H and O–H groups in total. The highest BCUT2D eigenvalue weighted by Crippen LogP contribution is 2.47. The first-order chi connectivity index (χ1) is 9.42. The number of hydrogen-bond acceptors (Lipinski definition) is 0. The molecule has 0 aromatic rings. The van der Waals surface area contributed by atoms with Crippen molar-refractivity contribution in [3.63, 3.8) is 0 Å². The molecule has 20 heavy (non-hydrogen) atoms. The molecule has 0 saturated heterocycles. The van der Waals surface area contributed by atoms with E-state index in [1.54, 1.807) is 5.57 Å². The van der Waals surface area contributed by atoms with Gasteiger partial charge in [-0.2, -0.15) is 0 Å². The molecule has 2 aliphatic carbocycles. The molecule has 0 heteroatoms. The standard InChI is InChI=1S/C20H36/c1-7-18-10-14(3)11-19(17(18)6)12-20-15(4)8-13(2)9-16(20)5/h13-14,16-20H,4,7-12H2,1-3,5-6H3. The molecule has 0 heterocycles. The van der Waals surface area contributed by atoms with Crippen LogP contribution in [0.3, 0.4) is 0 Å². The van der Waals surface area contributed by atoms with E-state index < -0.39 is 0 Å². The lowest BCUT2D eigenvalue weighted by atomic mass is 9.62. The average Bonchev–Trinajstić information content (AvgIpc) is 2.37. The fourth-order valence-corrected chi connectivity index (χ4v) is 5.40. The second-order valence-corrected chi connectivity index (χ2v) is 8.39. The summed E-state index contributed by atoms with van der Waals surface area (Å²) < 4.78 is 0. The smallest absolute Gasteiger partial charge is 0.0177 e. The molecule has 2 saturated carbocycles. The van der Waals surface area contributed by atoms with Crippen LogP contribution in [0.1, 0.15) is 73.1 Å². The van der Waals surface area contributed by atoms with E-state index in [1.807, 2.05) is 0 Å². The predicted molar refractivity (Wildman–Crippen MR) is 89.6 cm³/mol. The quantitative estimate of drug-likeness (QED) is 0.529. The van der Waals surface area contributed by atoms with Gasteiger partial charge < -0.3 is 0 Å². The Kier molecular flexibility index (Phi) is 5.37. The van der Waals surface area contributed by atoms with Gasteiger partial charge in [0.2, 0.25) is 0 Å². The summed E-state index contributed by atoms with van der Waals surface area (Å²) in [5, 5.41) is 0. The Balaban J connectivity index is 2.02. The first-order valence-corrected chi connectivity index (χ1v) is 9.09. The SMILES string of the molecule is C=C1CC(C)CC(C)C1CC1CC(C)CC(CC)C1C. The lowest BCUT2D eigenvalue weighted by Gasteiger charge is -2.43. The van der Waals surface area contributed by atoms with Crippen LogP contribution in [-0.2, 0) is 0 Å². The van der Waals surface area contributed by atoms with Crippen LogP contribution in [0.15, 0.2) is 12.2 Å². The minimum Gasteiger partial charge on any atom is -0.0996 e. The van der Waals surface area contributed by atoms with Crippen molar-refractivity contribution >= 4 is 0 Å². The van der Waals surface area contributed by atoms with Gasteiger partial charge in [-0.25, -0.2) is 0 Å². The van der Waals surface area contributed by atoms with Crippen molar-refractivity contribution < 1.29 is 0 Å². The van der Waals surface area contributed by atoms with Gasteiger partial charge in [0.05, 0.1) is 0 Å². The van der Waals surface area contributed by atoms with Gasteiger partial charge in [-0.3, -0.25) is 0 Å². The zero-order valence-corrected chi connectivity index (χ0v) is 14.5. The van der Waals surface area contributed by atoms with E-state index in [2.05, 4.69) is 41.2 Å². The van der Waals surface area contributed by atoms with Crippen molar-refractivity contribution in [1.82, 2.24) is 0 Å². The maximum Gasteiger partial charge on any atom is -0.0177 e. The average molecular weight is 277 g/mol. The third-order valence-electron chi connectivity index (χ3n) is 6.57. The van der Waals surface area contributed by atoms with Crippen molar-refractivity contribution in [1.29, 1.82) is 0 Å². The Bertz CT molecular complexity index is 329. The maximum absolute atomic E-state index is 4.45. The van der Waals surface area contributed by atoms with Gasteiger partial charge >= 0.3 is 0 Å². The zero-order chi connectivity index (χ0) is 14.9. The Labute approximate surface area is 127 Å². The molecule has 0 nitrogen and oxygen atoms in total. The van der Waals surface area contributed by atoms with Crippen LogP contribution in [0.4, 0.5) is 0 Å². The summed E-state index contributed by atoms with van der Waals surface area (Å²) in [6, 6.07) is 0. The summed E-state index contributed by atoms with van der Waals surface area (Å²) >= 11 is 0. The van der Waals surface area contributed by atoms with Crippen LogP contribution in [0.25, 0.3) is 0 Å². The van der Waals surface area contributed by atoms with Crippen molar-refractivity contribution in [3.8, 4) is 0 Å². The molecule has 0 spiro atoms. The molecule has 0 amide bonds. The van der Waals surface area contributed by atoms with Gasteiger partial charge in [-0.1, -0.05) is 53.2 Å². The van der Waals surface area contributed by atoms with E-state index in [0.29, 0.717) is 0 Å². The van der Waals surface area contributed by atoms with E-state index in [4.69, 9.17) is 0 Å². The fourth-order valence-electron chi connectivity index (χ4n) is 5.40. The van der Waals surface area contributed by atoms with E-state index in [-0.39, 0.29) is 0 Å². The van der Waals surface area contributed by atoms with Crippen molar-refractivity contribution in [3.05, 3.63) is 12.2 Å². The largest absolute Gasteiger partial charge is 0.0996 e. The summed E-state index contributed by atoms with van der Waals surface area (Å²) in [7, 11) is 0. The molecular formula is C20H36. The van der Waals surface area contributed by atoms with Gasteiger partial charge in [-0.05, 0) is 73.5 Å². The van der Waals surface area contributed by atoms with E-state index >= 15 is 0 Å². The van der Waals surface area contributed by atoms with Crippen LogP contribution < -0.4 is 0 Å². The Morgan fingerprint density at radius 1 is 0.950 bits per heavy atom. The van der Waals surface area contributed by atoms with Crippen LogP contribution in [0.5, 0.6) is 0 Å². The molecule has 7 atom stereocenters. The number of allylic oxidation sites excluding steroid dienone is 1. The van der Waals surface area contributed by atoms with Gasteiger partial charge in [0.25, 0.3) is 0 Å². The molecule has 2 fully saturated rings. The molecule has 0 aliphatic heterocycles. The van der Waals surface area contributed by atoms with Crippen molar-refractivity contribution in [2.45, 2.75) is 73.1 Å². The molecular weight excluding hydrogens is 240 g/mol. The second-order valence-electron chi connectivity index (χ2n) is 8.39. The summed E-state index contributed by atoms with van der Waals surface area (Å²) in [6.45, 7) is 16.7. The Hall–Kier alpha value is -0.260. The van der Waals surface area contributed by atoms with Gasteiger partial charge in [0, 0.05) is 0 Å². The molecule has 2 aliphatic rings. The molecule has 116 valence electrons. The normalized spacial score (nSPS) is 46.5. The summed E-state index contributed by atoms with van der Waals surface area (Å²) in [6.07, 6.45) is 8.42. The Morgan fingerprint density at radius 2 is 1.60 bits per heavy atom. The zero-order valence-electron chi connectivity index (χ0n) is 14.5. The van der Waals surface area contributed by atoms with Gasteiger partial charge in [-0.15, -0.1) is 0 Å². The monoisotopic (exact) mass is 276 g/mol. The first-order valence-electron chi connectivity index (χ1n) is 9.09. The van der Waals surface area contributed by atoms with Gasteiger partial charge in [0.1, 0.15) is 0 Å². The summed E-state index contributed by atoms with van der Waals surface area (Å²) in [5.41, 5.74) is 1.56. The highest BCUT2D eigenvalue weighted by atomic mass is 14.4. The molecule has 0 bridgehead atoms. The third-order valence-corrected chi connectivity index (χ3v) is 6.57. The molecule has 0 aromatic heterocycles. The minimum atomic E-state index is 0.807. The van der Waals surface area contributed by atoms with Crippen molar-refractivity contribution in [2.75, 3.05) is 0 Å². The predicted octanol–water partition coefficient (Wildman–Crippen LogP) is 6.32. The molecule has 2 rings (SSSR count). The molecule has 7 unspecified atom stereocenters. The van der Waals surface area contributed by atoms with E-state index in [0.717, 1.165) is 41.4 Å². The number of hydrogen-bond donors (Lipinski definition) is 0. The van der Waals surface area contributed by atoms with Crippen molar-refractivity contribution in [2.24, 2.45) is 41.4 Å². The van der Waals surface area contributed by atoms with Crippen LogP contribution >= 0.6 is 0 Å². The minimum absolute atomic E-state index is 0.807. The molecule has 0 aromatic carbocycles. The lowest BCUT2D eigenvalue weighted by molar-refractivity contribution is 0.0914. The Morgan fingerprint density at radius 3 is 2.20 bits per heavy atom. The first kappa shape index (κ1) is 16.1. The summed E-state index contributed by atoms with van der Waals surface area (Å²) in [4.78, 5) is 0. The number of rotatable bonds is 3. The lowest BCUT2D eigenvalue weighted by Crippen LogP contribution is -2.34. The van der Waals surface area contributed by atoms with E-state index in [9.17, 15) is 0 Å². The third kappa shape index (κ3) is 3.49. The van der Waals surface area contributed by atoms with E-state index in [1.165, 1.54) is 38.5 Å². The summed E-state index contributed by atoms with van der Waals surface area (Å²) in [5.74, 6) is 6.30. The molecule has 0 radical (unpaired) electrons. The topological polar surface area (TPSA) is 0 Å². The second kappa shape index (κ2) is 6.67. The maximum atomic E-state index is 4.45. The van der Waals surface area contributed by atoms with Gasteiger partial charge in [0.15, 0.2) is 0 Å². The van der Waals surface area contributed by atoms with Crippen LogP contribution in [-0.4, -0.2) is 0 Å².